The highest BCUT2D eigenvalue weighted by Gasteiger charge is 2.42. The third-order valence-corrected chi connectivity index (χ3v) is 11.6. The van der Waals surface area contributed by atoms with Crippen molar-refractivity contribution >= 4 is 91.2 Å². The number of carbonyl (C=O) groups is 5. The highest BCUT2D eigenvalue weighted by molar-refractivity contribution is 7.90. The highest BCUT2D eigenvalue weighted by atomic mass is 35.5. The van der Waals surface area contributed by atoms with E-state index in [1.165, 1.54) is 36.3 Å². The van der Waals surface area contributed by atoms with E-state index >= 15 is 0 Å². The standard InChI is InChI=1S/C19H15FN2O4.C14H16ClN5O5S.C11H8ClNO3/c1-2-7-21-15-9-14(13(20)8-16(15)26-10-17(21)23)22-18(24)11-5-3-4-6-12(11)19(22)25;1-9-16-12(19-14(17-9)24-2)18-13(21)20-26(22,23)11-6-4-3-5-10(11)25-8-7-15;12-8-3-4-9(16-6-10(14)15)11-7(8)2-1-5-13-11/h1,8-9H,3-7,10H2;3-6H,7-8H2,1-2H3,(H2,16,17,18,19,20,21);1-5H,6H2,(H,14,15). The van der Waals surface area contributed by atoms with Crippen molar-refractivity contribution < 1.29 is 60.8 Å². The first-order valence-corrected chi connectivity index (χ1v) is 22.5. The third kappa shape index (κ3) is 11.7. The number of hydrogen-bond acceptors (Lipinski definition) is 15. The number of pyridine rings is 1. The van der Waals surface area contributed by atoms with Crippen LogP contribution < -0.4 is 38.8 Å². The molecule has 3 N–H and O–H groups in total. The first kappa shape index (κ1) is 49.8. The molecular formula is C44H39Cl2FN8O12S. The Morgan fingerprint density at radius 1 is 0.971 bits per heavy atom. The quantitative estimate of drug-likeness (QED) is 0.0781. The summed E-state index contributed by atoms with van der Waals surface area (Å²) in [5, 5.41) is 12.0. The molecule has 1 aliphatic carbocycles. The average Bonchev–Trinajstić information content (AvgIpc) is 3.57. The number of terminal acetylenes is 1. The van der Waals surface area contributed by atoms with Crippen molar-refractivity contribution in [3.8, 4) is 35.6 Å². The number of methoxy groups -OCH3 is 1. The number of fused-ring (bicyclic) bond motifs is 2. The number of nitrogens with one attached hydrogen (secondary N) is 2. The normalized spacial score (nSPS) is 14.0. The molecule has 0 fully saturated rings. The van der Waals surface area contributed by atoms with Crippen molar-refractivity contribution in [3.63, 3.8) is 0 Å². The summed E-state index contributed by atoms with van der Waals surface area (Å²) in [6.07, 6.45) is 9.61. The zero-order chi connectivity index (χ0) is 49.1. The molecule has 4 heterocycles. The lowest BCUT2D eigenvalue weighted by atomic mass is 9.93. The molecule has 2 aromatic heterocycles. The van der Waals surface area contributed by atoms with Crippen LogP contribution >= 0.6 is 23.2 Å². The lowest BCUT2D eigenvalue weighted by Crippen LogP contribution is -2.39. The minimum Gasteiger partial charge on any atom is -0.491 e. The van der Waals surface area contributed by atoms with Gasteiger partial charge in [-0.2, -0.15) is 15.0 Å². The number of imide groups is 1. The number of carbonyl (C=O) groups excluding carboxylic acids is 4. The molecule has 0 atom stereocenters. The molecule has 2 aliphatic heterocycles. The van der Waals surface area contributed by atoms with Crippen LogP contribution in [0.2, 0.25) is 5.02 Å². The van der Waals surface area contributed by atoms with Crippen LogP contribution in [-0.2, 0) is 29.2 Å². The average molecular weight is 994 g/mol. The summed E-state index contributed by atoms with van der Waals surface area (Å²) >= 11 is 11.5. The predicted molar refractivity (Wildman–Crippen MR) is 244 cm³/mol. The Balaban J connectivity index is 0.000000173. The number of aromatic nitrogens is 4. The van der Waals surface area contributed by atoms with E-state index in [2.05, 4.69) is 31.2 Å². The van der Waals surface area contributed by atoms with Crippen LogP contribution in [0.3, 0.4) is 0 Å². The van der Waals surface area contributed by atoms with Crippen molar-refractivity contribution in [2.75, 3.05) is 54.5 Å². The van der Waals surface area contributed by atoms with Crippen LogP contribution in [0.25, 0.3) is 10.9 Å². The number of ether oxygens (including phenoxy) is 4. The minimum atomic E-state index is -4.20. The van der Waals surface area contributed by atoms with E-state index in [1.54, 1.807) is 43.5 Å². The maximum absolute atomic E-state index is 14.7. The summed E-state index contributed by atoms with van der Waals surface area (Å²) in [5.41, 5.74) is 1.56. The number of anilines is 3. The van der Waals surface area contributed by atoms with Crippen molar-refractivity contribution in [3.05, 3.63) is 94.7 Å². The van der Waals surface area contributed by atoms with Gasteiger partial charge in [0.05, 0.1) is 35.9 Å². The number of benzene rings is 3. The monoisotopic (exact) mass is 992 g/mol. The van der Waals surface area contributed by atoms with Crippen LogP contribution in [0.5, 0.6) is 23.3 Å². The number of carboxylic acid groups (broad SMARTS) is 1. The number of para-hydroxylation sites is 1. The predicted octanol–water partition coefficient (Wildman–Crippen LogP) is 5.60. The Hall–Kier alpha value is -7.61. The maximum Gasteiger partial charge on any atom is 0.341 e. The fourth-order valence-corrected chi connectivity index (χ4v) is 8.17. The molecular weight excluding hydrogens is 954 g/mol. The largest absolute Gasteiger partial charge is 0.491 e. The molecule has 68 heavy (non-hydrogen) atoms. The SMILES string of the molecule is C#CCN1C(=O)COc2cc(F)c(N3C(=O)C4=C(CCCC4)C3=O)cc21.COc1nc(C)nc(NC(=O)NS(=O)(=O)c2ccccc2OCCCl)n1.O=C(O)COc1ccc(Cl)c2cccnc12. The number of halogens is 3. The lowest BCUT2D eigenvalue weighted by molar-refractivity contribution is -0.139. The van der Waals surface area contributed by atoms with E-state index < -0.39 is 46.3 Å². The number of rotatable bonds is 12. The van der Waals surface area contributed by atoms with Crippen molar-refractivity contribution in [1.29, 1.82) is 0 Å². The molecule has 5 amide bonds. The van der Waals surface area contributed by atoms with Crippen LogP contribution in [0.15, 0.2) is 82.9 Å². The second-order valence-electron chi connectivity index (χ2n) is 14.2. The third-order valence-electron chi connectivity index (χ3n) is 9.72. The van der Waals surface area contributed by atoms with Gasteiger partial charge in [0.25, 0.3) is 27.7 Å². The van der Waals surface area contributed by atoms with E-state index in [1.807, 2.05) is 4.72 Å². The summed E-state index contributed by atoms with van der Waals surface area (Å²) in [5.74, 6) is 0.183. The first-order chi connectivity index (χ1) is 32.6. The van der Waals surface area contributed by atoms with Gasteiger partial charge in [-0.15, -0.1) is 18.0 Å². The van der Waals surface area contributed by atoms with E-state index in [0.29, 0.717) is 40.3 Å². The topological polar surface area (TPSA) is 259 Å². The molecule has 0 spiro atoms. The molecule has 20 nitrogen and oxygen atoms in total. The number of alkyl halides is 1. The zero-order valence-corrected chi connectivity index (χ0v) is 38.3. The van der Waals surface area contributed by atoms with Gasteiger partial charge < -0.3 is 24.1 Å². The Morgan fingerprint density at radius 3 is 2.37 bits per heavy atom. The Morgan fingerprint density at radius 2 is 1.69 bits per heavy atom. The van der Waals surface area contributed by atoms with Gasteiger partial charge in [0.2, 0.25) is 5.95 Å². The van der Waals surface area contributed by atoms with Gasteiger partial charge >= 0.3 is 18.0 Å². The maximum atomic E-state index is 14.7. The second-order valence-corrected chi connectivity index (χ2v) is 16.7. The summed E-state index contributed by atoms with van der Waals surface area (Å²) in [6.45, 7) is 1.02. The number of urea groups is 1. The Bertz CT molecular complexity index is 2960. The summed E-state index contributed by atoms with van der Waals surface area (Å²) < 4.78 is 61.9. The van der Waals surface area contributed by atoms with Crippen LogP contribution in [-0.4, -0.2) is 103 Å². The first-order valence-electron chi connectivity index (χ1n) is 20.1. The highest BCUT2D eigenvalue weighted by Crippen LogP contribution is 2.42. The van der Waals surface area contributed by atoms with E-state index in [9.17, 15) is 36.8 Å². The van der Waals surface area contributed by atoms with E-state index in [4.69, 9.17) is 53.7 Å². The fraction of sp³-hybridized carbons (Fsp3) is 0.250. The molecule has 0 bridgehead atoms. The van der Waals surface area contributed by atoms with Crippen LogP contribution in [0.1, 0.15) is 31.5 Å². The van der Waals surface area contributed by atoms with Crippen LogP contribution in [0.4, 0.5) is 26.5 Å². The number of carboxylic acids is 1. The van der Waals surface area contributed by atoms with Crippen molar-refractivity contribution in [1.82, 2.24) is 24.7 Å². The minimum absolute atomic E-state index is 0.0170. The van der Waals surface area contributed by atoms with Gasteiger partial charge in [-0.3, -0.25) is 29.6 Å². The zero-order valence-electron chi connectivity index (χ0n) is 36.0. The van der Waals surface area contributed by atoms with Gasteiger partial charge in [0.15, 0.2) is 19.0 Å². The second kappa shape index (κ2) is 22.3. The van der Waals surface area contributed by atoms with E-state index in [0.717, 1.165) is 29.2 Å². The number of aryl methyl sites for hydroxylation is 1. The molecule has 8 rings (SSSR count). The number of amides is 5. The Labute approximate surface area is 397 Å². The Kier molecular flexibility index (Phi) is 16.3. The van der Waals surface area contributed by atoms with E-state index in [-0.39, 0.29) is 77.1 Å². The number of nitrogens with zero attached hydrogens (tertiary/aromatic N) is 6. The van der Waals surface area contributed by atoms with Gasteiger partial charge in [-0.1, -0.05) is 29.7 Å². The summed E-state index contributed by atoms with van der Waals surface area (Å²) in [6, 6.07) is 14.0. The molecule has 24 heteroatoms. The van der Waals surface area contributed by atoms with Crippen LogP contribution in [0, 0.1) is 25.1 Å². The van der Waals surface area contributed by atoms with Crippen molar-refractivity contribution in [2.24, 2.45) is 0 Å². The van der Waals surface area contributed by atoms with Gasteiger partial charge in [0.1, 0.15) is 40.1 Å². The summed E-state index contributed by atoms with van der Waals surface area (Å²) in [7, 11) is -2.85. The molecule has 5 aromatic rings. The molecule has 3 aromatic carbocycles. The number of sulfonamides is 1. The lowest BCUT2D eigenvalue weighted by Gasteiger charge is -2.29. The number of aliphatic carboxylic acids is 1. The molecule has 0 unspecified atom stereocenters. The number of hydrogen-bond donors (Lipinski definition) is 3. The molecule has 0 saturated heterocycles. The van der Waals surface area contributed by atoms with Gasteiger partial charge in [0, 0.05) is 28.8 Å². The molecule has 0 radical (unpaired) electrons. The molecule has 0 saturated carbocycles. The molecule has 3 aliphatic rings. The fourth-order valence-electron chi connectivity index (χ4n) is 6.82. The van der Waals surface area contributed by atoms with Gasteiger partial charge in [-0.25, -0.2) is 32.0 Å². The summed E-state index contributed by atoms with van der Waals surface area (Å²) in [4.78, 5) is 77.4. The van der Waals surface area contributed by atoms with Gasteiger partial charge in [-0.05, 0) is 75.1 Å². The smallest absolute Gasteiger partial charge is 0.341 e. The molecule has 354 valence electrons. The van der Waals surface area contributed by atoms with Crippen molar-refractivity contribution in [2.45, 2.75) is 37.5 Å².